The first-order valence-electron chi connectivity index (χ1n) is 12.6. The van der Waals surface area contributed by atoms with Crippen LogP contribution >= 0.6 is 0 Å². The van der Waals surface area contributed by atoms with E-state index in [4.69, 9.17) is 18.9 Å². The summed E-state index contributed by atoms with van der Waals surface area (Å²) in [5.74, 6) is -0.260. The highest BCUT2D eigenvalue weighted by Crippen LogP contribution is 2.28. The maximum absolute atomic E-state index is 13.2. The molecule has 3 aromatic rings. The third-order valence-corrected chi connectivity index (χ3v) is 6.32. The SMILES string of the molecule is COc1ccnc(C(=O)N[C@H]2CCCC[C@H](Oc3ccccc3)[C@@H](Oc3ccccc3)[C@H](C)OC2=O)c1O. The van der Waals surface area contributed by atoms with Gasteiger partial charge in [0.1, 0.15) is 29.7 Å². The Hall–Kier alpha value is -4.27. The van der Waals surface area contributed by atoms with Crippen molar-refractivity contribution in [2.75, 3.05) is 7.11 Å². The summed E-state index contributed by atoms with van der Waals surface area (Å²) in [6.07, 6.45) is 2.00. The highest BCUT2D eigenvalue weighted by molar-refractivity contribution is 5.97. The average Bonchev–Trinajstić information content (AvgIpc) is 2.93. The number of benzene rings is 2. The molecule has 0 aliphatic carbocycles. The van der Waals surface area contributed by atoms with E-state index in [1.165, 1.54) is 19.4 Å². The zero-order valence-corrected chi connectivity index (χ0v) is 21.4. The molecular weight excluding hydrogens is 488 g/mol. The van der Waals surface area contributed by atoms with Crippen LogP contribution < -0.4 is 19.5 Å². The Morgan fingerprint density at radius 3 is 2.26 bits per heavy atom. The first kappa shape index (κ1) is 26.8. The van der Waals surface area contributed by atoms with E-state index in [9.17, 15) is 14.7 Å². The standard InChI is InChI=1S/C29H32N2O7/c1-19-27(38-21-13-7-4-8-14-21)24(37-20-11-5-3-6-12-20)16-10-9-15-22(29(34)36-19)31-28(33)25-26(32)23(35-2)17-18-30-25/h3-8,11-14,17-19,22,24,27,32H,9-10,15-16H2,1-2H3,(H,31,33)/t19-,22-,24-,27-/m0/s1. The monoisotopic (exact) mass is 520 g/mol. The molecule has 2 heterocycles. The number of aromatic hydroxyl groups is 1. The molecule has 0 saturated carbocycles. The second-order valence-corrected chi connectivity index (χ2v) is 9.03. The maximum atomic E-state index is 13.2. The van der Waals surface area contributed by atoms with Crippen LogP contribution in [0, 0.1) is 0 Å². The van der Waals surface area contributed by atoms with E-state index in [1.807, 2.05) is 60.7 Å². The van der Waals surface area contributed by atoms with Crippen LogP contribution in [0.1, 0.15) is 43.1 Å². The van der Waals surface area contributed by atoms with Gasteiger partial charge in [0, 0.05) is 12.3 Å². The summed E-state index contributed by atoms with van der Waals surface area (Å²) >= 11 is 0. The Bertz CT molecular complexity index is 1210. The number of pyridine rings is 1. The summed E-state index contributed by atoms with van der Waals surface area (Å²) in [5, 5.41) is 13.0. The number of cyclic esters (lactones) is 1. The molecule has 1 aliphatic rings. The number of rotatable bonds is 7. The number of esters is 1. The minimum atomic E-state index is -0.929. The number of ether oxygens (including phenoxy) is 4. The highest BCUT2D eigenvalue weighted by Gasteiger charge is 2.36. The van der Waals surface area contributed by atoms with E-state index in [0.717, 1.165) is 6.42 Å². The third-order valence-electron chi connectivity index (χ3n) is 6.32. The summed E-state index contributed by atoms with van der Waals surface area (Å²) < 4.78 is 23.5. The molecule has 0 spiro atoms. The molecule has 1 aromatic heterocycles. The van der Waals surface area contributed by atoms with Crippen molar-refractivity contribution in [2.45, 2.75) is 57.0 Å². The van der Waals surface area contributed by atoms with Gasteiger partial charge in [0.15, 0.2) is 23.3 Å². The first-order chi connectivity index (χ1) is 18.5. The summed E-state index contributed by atoms with van der Waals surface area (Å²) in [4.78, 5) is 30.1. The number of carbonyl (C=O) groups excluding carboxylic acids is 2. The van der Waals surface area contributed by atoms with Gasteiger partial charge in [-0.3, -0.25) is 4.79 Å². The lowest BCUT2D eigenvalue weighted by Gasteiger charge is -2.34. The van der Waals surface area contributed by atoms with Crippen molar-refractivity contribution in [3.63, 3.8) is 0 Å². The van der Waals surface area contributed by atoms with Crippen molar-refractivity contribution in [3.05, 3.63) is 78.6 Å². The van der Waals surface area contributed by atoms with Gasteiger partial charge in [-0.2, -0.15) is 0 Å². The Kier molecular flexibility index (Phi) is 9.02. The summed E-state index contributed by atoms with van der Waals surface area (Å²) in [6.45, 7) is 1.75. The molecule has 0 radical (unpaired) electrons. The molecule has 2 N–H and O–H groups in total. The van der Waals surface area contributed by atoms with Crippen LogP contribution in [0.4, 0.5) is 0 Å². The second-order valence-electron chi connectivity index (χ2n) is 9.03. The van der Waals surface area contributed by atoms with Gasteiger partial charge < -0.3 is 29.4 Å². The summed E-state index contributed by atoms with van der Waals surface area (Å²) in [7, 11) is 1.37. The number of hydrogen-bond acceptors (Lipinski definition) is 8. The van der Waals surface area contributed by atoms with Gasteiger partial charge in [-0.15, -0.1) is 0 Å². The molecule has 1 amide bonds. The van der Waals surface area contributed by atoms with Gasteiger partial charge in [0.25, 0.3) is 5.91 Å². The highest BCUT2D eigenvalue weighted by atomic mass is 16.6. The number of nitrogens with one attached hydrogen (secondary N) is 1. The fourth-order valence-electron chi connectivity index (χ4n) is 4.36. The predicted molar refractivity (Wildman–Crippen MR) is 139 cm³/mol. The van der Waals surface area contributed by atoms with Gasteiger partial charge >= 0.3 is 5.97 Å². The van der Waals surface area contributed by atoms with Crippen molar-refractivity contribution in [1.82, 2.24) is 10.3 Å². The quantitative estimate of drug-likeness (QED) is 0.443. The van der Waals surface area contributed by atoms with Crippen molar-refractivity contribution in [1.29, 1.82) is 0 Å². The molecule has 1 saturated heterocycles. The lowest BCUT2D eigenvalue weighted by molar-refractivity contribution is -0.159. The van der Waals surface area contributed by atoms with Crippen LogP contribution in [0.3, 0.4) is 0 Å². The smallest absolute Gasteiger partial charge is 0.329 e. The topological polar surface area (TPSA) is 116 Å². The van der Waals surface area contributed by atoms with Crippen LogP contribution in [0.25, 0.3) is 0 Å². The van der Waals surface area contributed by atoms with Crippen LogP contribution in [-0.2, 0) is 9.53 Å². The minimum absolute atomic E-state index is 0.109. The van der Waals surface area contributed by atoms with Crippen molar-refractivity contribution in [2.24, 2.45) is 0 Å². The third kappa shape index (κ3) is 6.73. The zero-order chi connectivity index (χ0) is 26.9. The van der Waals surface area contributed by atoms with E-state index < -0.39 is 35.9 Å². The molecule has 200 valence electrons. The van der Waals surface area contributed by atoms with Crippen molar-refractivity contribution >= 4 is 11.9 Å². The second kappa shape index (κ2) is 12.8. The Labute approximate surface area is 221 Å². The number of methoxy groups -OCH3 is 1. The number of hydrogen-bond donors (Lipinski definition) is 2. The number of nitrogens with zero attached hydrogens (tertiary/aromatic N) is 1. The fourth-order valence-corrected chi connectivity index (χ4v) is 4.36. The van der Waals surface area contributed by atoms with E-state index in [0.29, 0.717) is 30.8 Å². The molecule has 1 fully saturated rings. The summed E-state index contributed by atoms with van der Waals surface area (Å²) in [5.41, 5.74) is -0.232. The lowest BCUT2D eigenvalue weighted by Crippen LogP contribution is -2.50. The van der Waals surface area contributed by atoms with Crippen LogP contribution in [0.15, 0.2) is 72.9 Å². The molecule has 9 nitrogen and oxygen atoms in total. The van der Waals surface area contributed by atoms with Crippen molar-refractivity contribution in [3.8, 4) is 23.0 Å². The minimum Gasteiger partial charge on any atom is -0.503 e. The fraction of sp³-hybridized carbons (Fsp3) is 0.345. The molecule has 4 atom stereocenters. The molecule has 9 heteroatoms. The number of para-hydroxylation sites is 2. The van der Waals surface area contributed by atoms with Gasteiger partial charge in [0.05, 0.1) is 7.11 Å². The van der Waals surface area contributed by atoms with E-state index in [2.05, 4.69) is 10.3 Å². The Balaban J connectivity index is 1.53. The van der Waals surface area contributed by atoms with Gasteiger partial charge in [-0.25, -0.2) is 9.78 Å². The van der Waals surface area contributed by atoms with Crippen LogP contribution in [0.5, 0.6) is 23.0 Å². The largest absolute Gasteiger partial charge is 0.503 e. The molecule has 4 rings (SSSR count). The average molecular weight is 521 g/mol. The van der Waals surface area contributed by atoms with Gasteiger partial charge in [-0.1, -0.05) is 42.8 Å². The van der Waals surface area contributed by atoms with Crippen LogP contribution in [-0.4, -0.2) is 53.4 Å². The molecular formula is C29H32N2O7. The van der Waals surface area contributed by atoms with E-state index >= 15 is 0 Å². The summed E-state index contributed by atoms with van der Waals surface area (Å²) in [6, 6.07) is 19.3. The Morgan fingerprint density at radius 1 is 0.974 bits per heavy atom. The van der Waals surface area contributed by atoms with Gasteiger partial charge in [0.2, 0.25) is 0 Å². The van der Waals surface area contributed by atoms with E-state index in [1.54, 1.807) is 6.92 Å². The van der Waals surface area contributed by atoms with Gasteiger partial charge in [-0.05, 0) is 50.5 Å². The van der Waals surface area contributed by atoms with E-state index in [-0.39, 0.29) is 17.5 Å². The normalized spacial score (nSPS) is 22.0. The molecule has 1 aliphatic heterocycles. The molecule has 0 bridgehead atoms. The predicted octanol–water partition coefficient (Wildman–Crippen LogP) is 4.30. The molecule has 38 heavy (non-hydrogen) atoms. The Morgan fingerprint density at radius 2 is 1.61 bits per heavy atom. The lowest BCUT2D eigenvalue weighted by atomic mass is 9.98. The first-order valence-corrected chi connectivity index (χ1v) is 12.6. The number of carbonyl (C=O) groups is 2. The molecule has 0 unspecified atom stereocenters. The number of amides is 1. The maximum Gasteiger partial charge on any atom is 0.329 e. The molecule has 2 aromatic carbocycles. The zero-order valence-electron chi connectivity index (χ0n) is 21.4. The van der Waals surface area contributed by atoms with Crippen molar-refractivity contribution < 1.29 is 33.6 Å². The number of aromatic nitrogens is 1. The van der Waals surface area contributed by atoms with Crippen LogP contribution in [0.2, 0.25) is 0 Å².